The number of aryl methyl sites for hydroxylation is 1. The molecule has 0 bridgehead atoms. The van der Waals surface area contributed by atoms with Crippen molar-refractivity contribution in [2.45, 2.75) is 19.8 Å². The first-order chi connectivity index (χ1) is 7.76. The summed E-state index contributed by atoms with van der Waals surface area (Å²) in [5.74, 6) is 0.775. The summed E-state index contributed by atoms with van der Waals surface area (Å²) in [4.78, 5) is 4.59. The predicted molar refractivity (Wildman–Crippen MR) is 67.3 cm³/mol. The van der Waals surface area contributed by atoms with Gasteiger partial charge in [-0.1, -0.05) is 37.1 Å². The van der Waals surface area contributed by atoms with Crippen LogP contribution >= 0.6 is 11.6 Å². The highest BCUT2D eigenvalue weighted by Crippen LogP contribution is 2.29. The van der Waals surface area contributed by atoms with E-state index in [0.717, 1.165) is 40.2 Å². The van der Waals surface area contributed by atoms with Crippen LogP contribution in [0.4, 0.5) is 0 Å². The first kappa shape index (κ1) is 11.2. The molecule has 0 aliphatic heterocycles. The Bertz CT molecular complexity index is 511. The number of aromatic nitrogens is 1. The normalized spacial score (nSPS) is 10.7. The smallest absolute Gasteiger partial charge is 0.145 e. The average molecular weight is 236 g/mol. The fraction of sp³-hybridized carbons (Fsp3) is 0.308. The topological polar surface area (TPSA) is 22.1 Å². The Kier molecular flexibility index (Phi) is 3.30. The minimum absolute atomic E-state index is 0.743. The molecule has 1 heterocycles. The maximum Gasteiger partial charge on any atom is 0.145 e. The van der Waals surface area contributed by atoms with Crippen LogP contribution in [0.3, 0.4) is 0 Å². The van der Waals surface area contributed by atoms with E-state index in [1.165, 1.54) is 0 Å². The number of hydrogen-bond acceptors (Lipinski definition) is 2. The Morgan fingerprint density at radius 3 is 2.88 bits per heavy atom. The van der Waals surface area contributed by atoms with E-state index in [4.69, 9.17) is 16.3 Å². The molecule has 84 valence electrons. The molecule has 0 saturated carbocycles. The van der Waals surface area contributed by atoms with E-state index < -0.39 is 0 Å². The van der Waals surface area contributed by atoms with E-state index in [2.05, 4.69) is 11.9 Å². The average Bonchev–Trinajstić information content (AvgIpc) is 2.29. The highest BCUT2D eigenvalue weighted by atomic mass is 35.5. The van der Waals surface area contributed by atoms with E-state index in [-0.39, 0.29) is 0 Å². The van der Waals surface area contributed by atoms with Gasteiger partial charge in [-0.2, -0.15) is 0 Å². The van der Waals surface area contributed by atoms with E-state index in [1.807, 2.05) is 24.3 Å². The second-order valence-corrected chi connectivity index (χ2v) is 4.11. The molecule has 0 amide bonds. The molecule has 16 heavy (non-hydrogen) atoms. The lowest BCUT2D eigenvalue weighted by atomic mass is 10.1. The summed E-state index contributed by atoms with van der Waals surface area (Å²) in [6.07, 6.45) is 2.00. The van der Waals surface area contributed by atoms with Crippen molar-refractivity contribution in [1.82, 2.24) is 4.98 Å². The Balaban J connectivity index is 2.67. The molecular formula is C13H14ClNO. The van der Waals surface area contributed by atoms with Crippen LogP contribution in [0.5, 0.6) is 5.75 Å². The monoisotopic (exact) mass is 235 g/mol. The SMILES string of the molecule is CCCc1cc(Cl)c2cccc(OC)c2n1. The highest BCUT2D eigenvalue weighted by molar-refractivity contribution is 6.35. The standard InChI is InChI=1S/C13H14ClNO/c1-3-5-9-8-11(14)10-6-4-7-12(16-2)13(10)15-9/h4,6-8H,3,5H2,1-2H3. The fourth-order valence-corrected chi connectivity index (χ4v) is 2.06. The van der Waals surface area contributed by atoms with Crippen molar-refractivity contribution >= 4 is 22.5 Å². The van der Waals surface area contributed by atoms with Crippen LogP contribution in [0.15, 0.2) is 24.3 Å². The van der Waals surface area contributed by atoms with Crippen LogP contribution in [0, 0.1) is 0 Å². The Hall–Kier alpha value is -1.28. The van der Waals surface area contributed by atoms with Crippen LogP contribution in [0.25, 0.3) is 10.9 Å². The van der Waals surface area contributed by atoms with Gasteiger partial charge in [0.15, 0.2) is 0 Å². The van der Waals surface area contributed by atoms with E-state index >= 15 is 0 Å². The molecule has 0 unspecified atom stereocenters. The molecule has 0 aliphatic carbocycles. The van der Waals surface area contributed by atoms with Gasteiger partial charge in [-0.25, -0.2) is 4.98 Å². The predicted octanol–water partition coefficient (Wildman–Crippen LogP) is 3.85. The lowest BCUT2D eigenvalue weighted by molar-refractivity contribution is 0.419. The van der Waals surface area contributed by atoms with Gasteiger partial charge in [0.2, 0.25) is 0 Å². The molecule has 2 rings (SSSR count). The molecule has 0 fully saturated rings. The number of rotatable bonds is 3. The second kappa shape index (κ2) is 4.71. The zero-order chi connectivity index (χ0) is 11.5. The molecule has 2 nitrogen and oxygen atoms in total. The first-order valence-electron chi connectivity index (χ1n) is 5.38. The number of methoxy groups -OCH3 is 1. The molecular weight excluding hydrogens is 222 g/mol. The lowest BCUT2D eigenvalue weighted by Gasteiger charge is -2.08. The Morgan fingerprint density at radius 1 is 1.38 bits per heavy atom. The number of nitrogens with zero attached hydrogens (tertiary/aromatic N) is 1. The van der Waals surface area contributed by atoms with Crippen molar-refractivity contribution in [1.29, 1.82) is 0 Å². The summed E-state index contributed by atoms with van der Waals surface area (Å²) in [7, 11) is 1.65. The van der Waals surface area contributed by atoms with Crippen molar-refractivity contribution in [3.05, 3.63) is 35.0 Å². The number of hydrogen-bond donors (Lipinski definition) is 0. The maximum absolute atomic E-state index is 6.23. The number of ether oxygens (including phenoxy) is 1. The van der Waals surface area contributed by atoms with Crippen LogP contribution < -0.4 is 4.74 Å². The minimum atomic E-state index is 0.743. The molecule has 1 aromatic carbocycles. The van der Waals surface area contributed by atoms with Gasteiger partial charge < -0.3 is 4.74 Å². The Labute approximate surface area is 100 Å². The molecule has 0 aliphatic rings. The van der Waals surface area contributed by atoms with Crippen molar-refractivity contribution < 1.29 is 4.74 Å². The number of para-hydroxylation sites is 1. The zero-order valence-electron chi connectivity index (χ0n) is 9.46. The molecule has 0 radical (unpaired) electrons. The van der Waals surface area contributed by atoms with Gasteiger partial charge >= 0.3 is 0 Å². The lowest BCUT2D eigenvalue weighted by Crippen LogP contribution is -1.93. The second-order valence-electron chi connectivity index (χ2n) is 3.70. The van der Waals surface area contributed by atoms with E-state index in [0.29, 0.717) is 0 Å². The van der Waals surface area contributed by atoms with Crippen LogP contribution in [-0.4, -0.2) is 12.1 Å². The third-order valence-electron chi connectivity index (χ3n) is 2.53. The summed E-state index contributed by atoms with van der Waals surface area (Å²) >= 11 is 6.23. The van der Waals surface area contributed by atoms with Crippen LogP contribution in [0.1, 0.15) is 19.0 Å². The fourth-order valence-electron chi connectivity index (χ4n) is 1.78. The third-order valence-corrected chi connectivity index (χ3v) is 2.84. The van der Waals surface area contributed by atoms with Gasteiger partial charge in [-0.05, 0) is 18.6 Å². The number of fused-ring (bicyclic) bond motifs is 1. The van der Waals surface area contributed by atoms with Crippen molar-refractivity contribution in [3.8, 4) is 5.75 Å². The summed E-state index contributed by atoms with van der Waals surface area (Å²) in [6.45, 7) is 2.13. The highest BCUT2D eigenvalue weighted by Gasteiger charge is 2.07. The van der Waals surface area contributed by atoms with Gasteiger partial charge in [-0.15, -0.1) is 0 Å². The zero-order valence-corrected chi connectivity index (χ0v) is 10.2. The number of halogens is 1. The van der Waals surface area contributed by atoms with Crippen molar-refractivity contribution in [3.63, 3.8) is 0 Å². The van der Waals surface area contributed by atoms with E-state index in [1.54, 1.807) is 7.11 Å². The van der Waals surface area contributed by atoms with Crippen LogP contribution in [0.2, 0.25) is 5.02 Å². The summed E-state index contributed by atoms with van der Waals surface area (Å²) < 4.78 is 5.29. The summed E-state index contributed by atoms with van der Waals surface area (Å²) in [5, 5.41) is 1.69. The summed E-state index contributed by atoms with van der Waals surface area (Å²) in [5.41, 5.74) is 1.87. The van der Waals surface area contributed by atoms with Gasteiger partial charge in [-0.3, -0.25) is 0 Å². The minimum Gasteiger partial charge on any atom is -0.494 e. The molecule has 1 aromatic heterocycles. The van der Waals surface area contributed by atoms with Crippen molar-refractivity contribution in [2.75, 3.05) is 7.11 Å². The number of pyridine rings is 1. The molecule has 3 heteroatoms. The van der Waals surface area contributed by atoms with Gasteiger partial charge in [0.1, 0.15) is 11.3 Å². The largest absolute Gasteiger partial charge is 0.494 e. The van der Waals surface area contributed by atoms with E-state index in [9.17, 15) is 0 Å². The molecule has 0 saturated heterocycles. The molecule has 0 N–H and O–H groups in total. The van der Waals surface area contributed by atoms with Gasteiger partial charge in [0.25, 0.3) is 0 Å². The Morgan fingerprint density at radius 2 is 2.19 bits per heavy atom. The van der Waals surface area contributed by atoms with Crippen molar-refractivity contribution in [2.24, 2.45) is 0 Å². The van der Waals surface area contributed by atoms with Gasteiger partial charge in [0, 0.05) is 11.1 Å². The molecule has 0 atom stereocenters. The third kappa shape index (κ3) is 1.98. The number of benzene rings is 1. The maximum atomic E-state index is 6.23. The first-order valence-corrected chi connectivity index (χ1v) is 5.76. The molecule has 2 aromatic rings. The van der Waals surface area contributed by atoms with Crippen LogP contribution in [-0.2, 0) is 6.42 Å². The molecule has 0 spiro atoms. The van der Waals surface area contributed by atoms with Gasteiger partial charge in [0.05, 0.1) is 12.1 Å². The quantitative estimate of drug-likeness (QED) is 0.806. The summed E-state index contributed by atoms with van der Waals surface area (Å²) in [6, 6.07) is 7.73.